The molecule has 0 aromatic rings. The van der Waals surface area contributed by atoms with E-state index in [0.29, 0.717) is 17.8 Å². The van der Waals surface area contributed by atoms with Gasteiger partial charge in [-0.05, 0) is 66.3 Å². The molecule has 5 unspecified atom stereocenters. The van der Waals surface area contributed by atoms with E-state index in [4.69, 9.17) is 0 Å². The number of fused-ring (bicyclic) bond motifs is 1. The predicted molar refractivity (Wildman–Crippen MR) is 90.5 cm³/mol. The van der Waals surface area contributed by atoms with Gasteiger partial charge in [-0.1, -0.05) is 37.0 Å². The van der Waals surface area contributed by atoms with Gasteiger partial charge in [0.1, 0.15) is 0 Å². The summed E-state index contributed by atoms with van der Waals surface area (Å²) in [7, 11) is 0. The smallest absolute Gasteiger partial charge is 0.0860 e. The van der Waals surface area contributed by atoms with Gasteiger partial charge in [-0.3, -0.25) is 0 Å². The van der Waals surface area contributed by atoms with Crippen LogP contribution >= 0.6 is 0 Å². The molecule has 0 aromatic heterocycles. The summed E-state index contributed by atoms with van der Waals surface area (Å²) in [6.07, 6.45) is 10.7. The average molecular weight is 310 g/mol. The van der Waals surface area contributed by atoms with E-state index in [2.05, 4.69) is 31.9 Å². The molecule has 4 saturated carbocycles. The molecule has 2 nitrogen and oxygen atoms in total. The largest absolute Gasteiger partial charge is 0.388 e. The van der Waals surface area contributed by atoms with Crippen LogP contribution in [0.25, 0.3) is 0 Å². The van der Waals surface area contributed by atoms with Crippen LogP contribution in [0.4, 0.5) is 0 Å². The Morgan fingerprint density at radius 2 is 2.04 bits per heavy atom. The molecule has 122 valence electrons. The molecular weight excluding hydrogens is 284 g/mol. The first kappa shape index (κ1) is 14.2. The van der Waals surface area contributed by atoms with Crippen LogP contribution in [-0.4, -0.2) is 21.9 Å². The molecular formula is C21H26O2. The molecule has 4 fully saturated rings. The van der Waals surface area contributed by atoms with Gasteiger partial charge in [0.25, 0.3) is 0 Å². The lowest BCUT2D eigenvalue weighted by molar-refractivity contribution is -0.0236. The molecule has 0 radical (unpaired) electrons. The molecule has 1 spiro atoms. The fourth-order valence-electron chi connectivity index (χ4n) is 7.75. The molecule has 0 heterocycles. The van der Waals surface area contributed by atoms with Crippen molar-refractivity contribution in [3.8, 4) is 0 Å². The van der Waals surface area contributed by atoms with Gasteiger partial charge in [-0.25, -0.2) is 0 Å². The monoisotopic (exact) mass is 310 g/mol. The quantitative estimate of drug-likeness (QED) is 0.729. The third-order valence-corrected chi connectivity index (χ3v) is 8.30. The minimum atomic E-state index is -0.666. The van der Waals surface area contributed by atoms with Gasteiger partial charge >= 0.3 is 0 Å². The van der Waals surface area contributed by atoms with Gasteiger partial charge in [0, 0.05) is 5.92 Å². The number of allylic oxidation sites excluding steroid dienone is 2. The molecule has 0 aromatic carbocycles. The van der Waals surface area contributed by atoms with Crippen LogP contribution in [0.5, 0.6) is 0 Å². The van der Waals surface area contributed by atoms with E-state index in [0.717, 1.165) is 37.7 Å². The van der Waals surface area contributed by atoms with Gasteiger partial charge in [0.05, 0.1) is 11.7 Å². The Kier molecular flexibility index (Phi) is 2.43. The van der Waals surface area contributed by atoms with Gasteiger partial charge in [0.2, 0.25) is 0 Å². The van der Waals surface area contributed by atoms with Gasteiger partial charge in [-0.2, -0.15) is 0 Å². The normalized spacial score (nSPS) is 59.1. The van der Waals surface area contributed by atoms with E-state index in [1.165, 1.54) is 5.57 Å². The van der Waals surface area contributed by atoms with Crippen LogP contribution in [0.15, 0.2) is 49.1 Å². The van der Waals surface area contributed by atoms with Crippen molar-refractivity contribution < 1.29 is 10.2 Å². The van der Waals surface area contributed by atoms with Crippen LogP contribution in [-0.2, 0) is 0 Å². The van der Waals surface area contributed by atoms with E-state index in [1.54, 1.807) is 0 Å². The van der Waals surface area contributed by atoms with E-state index in [9.17, 15) is 10.2 Å². The second-order valence-electron chi connectivity index (χ2n) is 8.92. The maximum atomic E-state index is 11.0. The average Bonchev–Trinajstić information content (AvgIpc) is 2.93. The topological polar surface area (TPSA) is 40.5 Å². The zero-order valence-corrected chi connectivity index (χ0v) is 13.7. The highest BCUT2D eigenvalue weighted by atomic mass is 16.3. The van der Waals surface area contributed by atoms with Crippen LogP contribution in [0.1, 0.15) is 32.1 Å². The van der Waals surface area contributed by atoms with Crippen molar-refractivity contribution in [3.05, 3.63) is 49.1 Å². The molecule has 2 heteroatoms. The van der Waals surface area contributed by atoms with Crippen LogP contribution in [0, 0.1) is 34.5 Å². The summed E-state index contributed by atoms with van der Waals surface area (Å²) in [4.78, 5) is 0. The number of aliphatic hydroxyl groups excluding tert-OH is 1. The van der Waals surface area contributed by atoms with Crippen molar-refractivity contribution in [1.29, 1.82) is 0 Å². The minimum absolute atomic E-state index is 0.0872. The Bertz CT molecular complexity index is 675. The summed E-state index contributed by atoms with van der Waals surface area (Å²) >= 11 is 0. The number of hydrogen-bond acceptors (Lipinski definition) is 2. The first-order chi connectivity index (χ1) is 10.9. The Hall–Kier alpha value is -1.12. The zero-order chi connectivity index (χ0) is 16.2. The highest BCUT2D eigenvalue weighted by molar-refractivity contribution is 5.42. The maximum Gasteiger partial charge on any atom is 0.0860 e. The van der Waals surface area contributed by atoms with Crippen molar-refractivity contribution in [2.45, 2.75) is 43.8 Å². The SMILES string of the molecule is C=CC1C2[C@@H]3C(=C)C[C@]2(C=CC3O)C2CC[C@]3(O)CC12CC3=C. The van der Waals surface area contributed by atoms with Crippen molar-refractivity contribution in [3.63, 3.8) is 0 Å². The van der Waals surface area contributed by atoms with E-state index in [-0.39, 0.29) is 16.7 Å². The lowest BCUT2D eigenvalue weighted by Gasteiger charge is -2.45. The summed E-state index contributed by atoms with van der Waals surface area (Å²) in [5, 5.41) is 21.6. The molecule has 5 aliphatic rings. The summed E-state index contributed by atoms with van der Waals surface area (Å²) in [5.41, 5.74) is 1.78. The van der Waals surface area contributed by atoms with E-state index >= 15 is 0 Å². The molecule has 2 N–H and O–H groups in total. The van der Waals surface area contributed by atoms with Crippen molar-refractivity contribution >= 4 is 0 Å². The summed E-state index contributed by atoms with van der Waals surface area (Å²) < 4.78 is 0. The van der Waals surface area contributed by atoms with Gasteiger partial charge in [0.15, 0.2) is 0 Å². The Balaban J connectivity index is 1.73. The van der Waals surface area contributed by atoms with Crippen molar-refractivity contribution in [1.82, 2.24) is 0 Å². The zero-order valence-electron chi connectivity index (χ0n) is 13.7. The maximum absolute atomic E-state index is 11.0. The molecule has 5 aliphatic carbocycles. The third kappa shape index (κ3) is 1.33. The highest BCUT2D eigenvalue weighted by Gasteiger charge is 2.75. The van der Waals surface area contributed by atoms with Gasteiger partial charge < -0.3 is 10.2 Å². The summed E-state index contributed by atoms with van der Waals surface area (Å²) in [6, 6.07) is 0. The Morgan fingerprint density at radius 1 is 1.26 bits per heavy atom. The number of aliphatic hydroxyl groups is 2. The first-order valence-corrected chi connectivity index (χ1v) is 8.96. The lowest BCUT2D eigenvalue weighted by atomic mass is 9.59. The fourth-order valence-corrected chi connectivity index (χ4v) is 7.75. The molecule has 0 amide bonds. The molecule has 8 atom stereocenters. The standard InChI is InChI=1S/C21H26O2/c1-4-14-18-17-12(2)9-19(18,7-5-15(17)22)16-6-8-21(23)11-20(14,16)10-13(21)3/h4-5,7,14-18,22-23H,1-3,6,8-11H2/t14?,15?,16?,17-,18?,19-,20?,21+/m1/s1. The number of hydrogen-bond donors (Lipinski definition) is 2. The van der Waals surface area contributed by atoms with Crippen molar-refractivity contribution in [2.24, 2.45) is 34.5 Å². The van der Waals surface area contributed by atoms with Crippen LogP contribution < -0.4 is 0 Å². The Labute approximate surface area is 138 Å². The predicted octanol–water partition coefficient (Wildman–Crippen LogP) is 3.39. The highest BCUT2D eigenvalue weighted by Crippen LogP contribution is 2.79. The van der Waals surface area contributed by atoms with Crippen LogP contribution in [0.2, 0.25) is 0 Å². The molecule has 0 aliphatic heterocycles. The van der Waals surface area contributed by atoms with Gasteiger partial charge in [-0.15, -0.1) is 6.58 Å². The second-order valence-corrected chi connectivity index (χ2v) is 8.92. The fraction of sp³-hybridized carbons (Fsp3) is 0.619. The summed E-state index contributed by atoms with van der Waals surface area (Å²) in [5.74, 6) is 1.44. The molecule has 5 rings (SSSR count). The van der Waals surface area contributed by atoms with E-state index < -0.39 is 11.7 Å². The van der Waals surface area contributed by atoms with E-state index in [1.807, 2.05) is 6.08 Å². The third-order valence-electron chi connectivity index (χ3n) is 8.30. The lowest BCUT2D eigenvalue weighted by Crippen LogP contribution is -2.42. The molecule has 23 heavy (non-hydrogen) atoms. The number of rotatable bonds is 1. The molecule has 4 bridgehead atoms. The second kappa shape index (κ2) is 3.92. The molecule has 0 saturated heterocycles. The minimum Gasteiger partial charge on any atom is -0.388 e. The first-order valence-electron chi connectivity index (χ1n) is 8.96. The van der Waals surface area contributed by atoms with Crippen LogP contribution in [0.3, 0.4) is 0 Å². The Morgan fingerprint density at radius 3 is 2.78 bits per heavy atom. The summed E-state index contributed by atoms with van der Waals surface area (Å²) in [6.45, 7) is 12.7. The van der Waals surface area contributed by atoms with Crippen molar-refractivity contribution in [2.75, 3.05) is 0 Å².